The minimum atomic E-state index is -2.24. The van der Waals surface area contributed by atoms with Crippen LogP contribution in [0.2, 0.25) is 0 Å². The van der Waals surface area contributed by atoms with Gasteiger partial charge in [0.25, 0.3) is 0 Å². The van der Waals surface area contributed by atoms with Crippen molar-refractivity contribution in [1.29, 1.82) is 0 Å². The van der Waals surface area contributed by atoms with Crippen LogP contribution in [0.25, 0.3) is 22.4 Å². The maximum Gasteiger partial charge on any atom is 0.0705 e. The van der Waals surface area contributed by atoms with Crippen molar-refractivity contribution in [3.63, 3.8) is 0 Å². The van der Waals surface area contributed by atoms with Crippen molar-refractivity contribution < 1.29 is 8.22 Å². The molecule has 0 bridgehead atoms. The highest BCUT2D eigenvalue weighted by molar-refractivity contribution is 5.74. The molecular weight excluding hydrogens is 254 g/mol. The smallest absolute Gasteiger partial charge is 0.0705 e. The number of aryl methyl sites for hydroxylation is 3. The molecule has 0 atom stereocenters. The van der Waals surface area contributed by atoms with Crippen LogP contribution in [-0.4, -0.2) is 4.98 Å². The summed E-state index contributed by atoms with van der Waals surface area (Å²) in [5.41, 5.74) is 3.88. The molecule has 1 aromatic heterocycles. The molecule has 0 saturated carbocycles. The summed E-state index contributed by atoms with van der Waals surface area (Å²) in [7, 11) is 0. The Bertz CT molecular complexity index is 958. The lowest BCUT2D eigenvalue weighted by atomic mass is 9.96. The molecule has 0 amide bonds. The zero-order chi connectivity index (χ0) is 19.8. The van der Waals surface area contributed by atoms with Gasteiger partial charge in [0.1, 0.15) is 0 Å². The van der Waals surface area contributed by atoms with E-state index in [2.05, 4.69) is 4.98 Å². The SMILES string of the molecule is [2H]C([2H])([2H])c1cnc(-c2ccc(C([2H])([2H])[2H])c(-c3ccccc3)c2)cc1C. The van der Waals surface area contributed by atoms with Crippen molar-refractivity contribution in [3.8, 4) is 22.4 Å². The average Bonchev–Trinajstić information content (AvgIpc) is 2.60. The molecule has 104 valence electrons. The van der Waals surface area contributed by atoms with Crippen LogP contribution in [-0.2, 0) is 0 Å². The molecule has 1 heteroatoms. The summed E-state index contributed by atoms with van der Waals surface area (Å²) in [5.74, 6) is 0. The third kappa shape index (κ3) is 2.73. The maximum atomic E-state index is 7.82. The van der Waals surface area contributed by atoms with Gasteiger partial charge in [-0.3, -0.25) is 4.98 Å². The van der Waals surface area contributed by atoms with Crippen LogP contribution in [0.15, 0.2) is 60.8 Å². The Morgan fingerprint density at radius 3 is 2.33 bits per heavy atom. The summed E-state index contributed by atoms with van der Waals surface area (Å²) in [6, 6.07) is 16.2. The van der Waals surface area contributed by atoms with E-state index in [-0.39, 0.29) is 11.1 Å². The van der Waals surface area contributed by atoms with Crippen molar-refractivity contribution in [2.24, 2.45) is 0 Å². The largest absolute Gasteiger partial charge is 0.256 e. The molecule has 0 N–H and O–H groups in total. The van der Waals surface area contributed by atoms with Crippen LogP contribution < -0.4 is 0 Å². The summed E-state index contributed by atoms with van der Waals surface area (Å²) in [6.45, 7) is -2.71. The van der Waals surface area contributed by atoms with Gasteiger partial charge in [-0.2, -0.15) is 0 Å². The maximum absolute atomic E-state index is 7.82. The van der Waals surface area contributed by atoms with Crippen molar-refractivity contribution in [1.82, 2.24) is 4.98 Å². The van der Waals surface area contributed by atoms with E-state index in [1.54, 1.807) is 31.2 Å². The first kappa shape index (κ1) is 8.14. The highest BCUT2D eigenvalue weighted by Gasteiger charge is 2.06. The highest BCUT2D eigenvalue weighted by Crippen LogP contribution is 2.29. The normalized spacial score (nSPS) is 16.0. The molecule has 3 aromatic rings. The van der Waals surface area contributed by atoms with Crippen LogP contribution in [0.1, 0.15) is 24.9 Å². The van der Waals surface area contributed by atoms with Crippen molar-refractivity contribution in [2.45, 2.75) is 20.6 Å². The quantitative estimate of drug-likeness (QED) is 0.617. The number of hydrogen-bond acceptors (Lipinski definition) is 1. The minimum absolute atomic E-state index is 0.216. The van der Waals surface area contributed by atoms with Gasteiger partial charge in [-0.05, 0) is 60.6 Å². The van der Waals surface area contributed by atoms with Crippen LogP contribution >= 0.6 is 0 Å². The number of rotatable bonds is 2. The van der Waals surface area contributed by atoms with Gasteiger partial charge in [-0.1, -0.05) is 42.5 Å². The van der Waals surface area contributed by atoms with E-state index in [0.29, 0.717) is 16.8 Å². The number of aromatic nitrogens is 1. The predicted octanol–water partition coefficient (Wildman–Crippen LogP) is 5.34. The van der Waals surface area contributed by atoms with Crippen molar-refractivity contribution in [2.75, 3.05) is 0 Å². The summed E-state index contributed by atoms with van der Waals surface area (Å²) in [6.07, 6.45) is 1.37. The van der Waals surface area contributed by atoms with Crippen LogP contribution in [0.5, 0.6) is 0 Å². The Morgan fingerprint density at radius 1 is 0.810 bits per heavy atom. The highest BCUT2D eigenvalue weighted by atomic mass is 14.7. The Kier molecular flexibility index (Phi) is 2.14. The zero-order valence-electron chi connectivity index (χ0n) is 17.7. The molecule has 0 fully saturated rings. The molecule has 2 aromatic carbocycles. The molecule has 1 heterocycles. The Labute approximate surface area is 134 Å². The molecule has 0 spiro atoms. The zero-order valence-corrected chi connectivity index (χ0v) is 11.7. The van der Waals surface area contributed by atoms with E-state index in [1.807, 2.05) is 30.3 Å². The first-order valence-electron chi connectivity index (χ1n) is 9.75. The minimum Gasteiger partial charge on any atom is -0.256 e. The van der Waals surface area contributed by atoms with Crippen LogP contribution in [0, 0.1) is 20.6 Å². The third-order valence-corrected chi connectivity index (χ3v) is 3.51. The molecule has 0 aliphatic heterocycles. The first-order valence-corrected chi connectivity index (χ1v) is 6.75. The van der Waals surface area contributed by atoms with Crippen LogP contribution in [0.3, 0.4) is 0 Å². The van der Waals surface area contributed by atoms with E-state index < -0.39 is 13.7 Å². The van der Waals surface area contributed by atoms with Gasteiger partial charge >= 0.3 is 0 Å². The molecule has 21 heavy (non-hydrogen) atoms. The Morgan fingerprint density at radius 2 is 1.62 bits per heavy atom. The van der Waals surface area contributed by atoms with Crippen LogP contribution in [0.4, 0.5) is 0 Å². The van der Waals surface area contributed by atoms with E-state index in [0.717, 1.165) is 11.1 Å². The molecule has 3 rings (SSSR count). The average molecular weight is 279 g/mol. The van der Waals surface area contributed by atoms with Gasteiger partial charge in [0.05, 0.1) is 5.69 Å². The lowest BCUT2D eigenvalue weighted by Crippen LogP contribution is -1.90. The summed E-state index contributed by atoms with van der Waals surface area (Å²) in [4.78, 5) is 4.30. The molecule has 0 unspecified atom stereocenters. The Balaban J connectivity index is 2.15. The topological polar surface area (TPSA) is 12.9 Å². The van der Waals surface area contributed by atoms with Gasteiger partial charge in [0.2, 0.25) is 0 Å². The fraction of sp³-hybridized carbons (Fsp3) is 0.150. The Hall–Kier alpha value is -2.41. The van der Waals surface area contributed by atoms with E-state index in [9.17, 15) is 0 Å². The van der Waals surface area contributed by atoms with Gasteiger partial charge in [-0.15, -0.1) is 0 Å². The van der Waals surface area contributed by atoms with Gasteiger partial charge < -0.3 is 0 Å². The van der Waals surface area contributed by atoms with E-state index in [1.165, 1.54) is 6.20 Å². The second kappa shape index (κ2) is 5.53. The second-order valence-corrected chi connectivity index (χ2v) is 5.01. The molecule has 0 radical (unpaired) electrons. The number of pyridine rings is 1. The van der Waals surface area contributed by atoms with E-state index >= 15 is 0 Å². The summed E-state index contributed by atoms with van der Waals surface area (Å²) < 4.78 is 46.2. The monoisotopic (exact) mass is 279 g/mol. The predicted molar refractivity (Wildman–Crippen MR) is 89.3 cm³/mol. The van der Waals surface area contributed by atoms with Gasteiger partial charge in [-0.25, -0.2) is 0 Å². The molecule has 0 aliphatic carbocycles. The van der Waals surface area contributed by atoms with Gasteiger partial charge in [0.15, 0.2) is 0 Å². The lowest BCUT2D eigenvalue weighted by Gasteiger charge is -2.10. The number of benzene rings is 2. The molecular formula is C20H19N. The fourth-order valence-corrected chi connectivity index (χ4v) is 2.27. The summed E-state index contributed by atoms with van der Waals surface area (Å²) >= 11 is 0. The molecule has 0 aliphatic rings. The molecule has 0 saturated heterocycles. The van der Waals surface area contributed by atoms with Gasteiger partial charge in [0, 0.05) is 20.0 Å². The first-order chi connectivity index (χ1) is 12.6. The third-order valence-electron chi connectivity index (χ3n) is 3.51. The number of hydrogen-bond donors (Lipinski definition) is 0. The second-order valence-electron chi connectivity index (χ2n) is 5.01. The van der Waals surface area contributed by atoms with Crippen molar-refractivity contribution >= 4 is 0 Å². The van der Waals surface area contributed by atoms with Crippen molar-refractivity contribution in [3.05, 3.63) is 77.5 Å². The molecule has 1 nitrogen and oxygen atoms in total. The summed E-state index contributed by atoms with van der Waals surface area (Å²) in [5, 5.41) is 0. The fourth-order valence-electron chi connectivity index (χ4n) is 2.27. The number of nitrogens with zero attached hydrogens (tertiary/aromatic N) is 1. The van der Waals surface area contributed by atoms with E-state index in [4.69, 9.17) is 8.22 Å². The standard InChI is InChI=1S/C20H19N/c1-14-9-10-18(20-11-15(2)16(3)13-21-20)12-19(14)17-7-5-4-6-8-17/h4-13H,1-3H3/i1D3,3D3. The lowest BCUT2D eigenvalue weighted by molar-refractivity contribution is 1.22.